The molecule has 2 N–H and O–H groups in total. The number of nitrogens with two attached hydrogens (primary N) is 1. The van der Waals surface area contributed by atoms with Gasteiger partial charge in [0.15, 0.2) is 0 Å². The van der Waals surface area contributed by atoms with Crippen molar-refractivity contribution in [3.05, 3.63) is 36.7 Å². The van der Waals surface area contributed by atoms with E-state index in [9.17, 15) is 0 Å². The molecular weight excluding hydrogens is 266 g/mol. The Morgan fingerprint density at radius 1 is 1.19 bits per heavy atom. The molecule has 0 radical (unpaired) electrons. The second-order valence-corrected chi connectivity index (χ2v) is 4.87. The van der Waals surface area contributed by atoms with Crippen molar-refractivity contribution >= 4 is 5.82 Å². The van der Waals surface area contributed by atoms with Gasteiger partial charge < -0.3 is 10.5 Å². The summed E-state index contributed by atoms with van der Waals surface area (Å²) >= 11 is 0. The van der Waals surface area contributed by atoms with Crippen LogP contribution in [0.4, 0.5) is 5.82 Å². The summed E-state index contributed by atoms with van der Waals surface area (Å²) in [6, 6.07) is 7.79. The van der Waals surface area contributed by atoms with Crippen molar-refractivity contribution in [1.29, 1.82) is 0 Å². The van der Waals surface area contributed by atoms with Crippen LogP contribution in [-0.4, -0.2) is 26.7 Å². The van der Waals surface area contributed by atoms with Crippen LogP contribution in [0.15, 0.2) is 36.7 Å². The molecule has 1 aromatic carbocycles. The minimum Gasteiger partial charge on any atom is -0.497 e. The van der Waals surface area contributed by atoms with E-state index >= 15 is 0 Å². The van der Waals surface area contributed by atoms with Gasteiger partial charge in [0.25, 0.3) is 0 Å². The summed E-state index contributed by atoms with van der Waals surface area (Å²) in [6.45, 7) is 0. The fraction of sp³-hybridized carbons (Fsp3) is 0.200. The van der Waals surface area contributed by atoms with E-state index in [4.69, 9.17) is 10.5 Å². The smallest absolute Gasteiger partial charge is 0.129 e. The minimum atomic E-state index is 0.613. The van der Waals surface area contributed by atoms with E-state index in [0.29, 0.717) is 5.82 Å². The third-order valence-electron chi connectivity index (χ3n) is 3.43. The van der Waals surface area contributed by atoms with Crippen molar-refractivity contribution in [1.82, 2.24) is 19.6 Å². The fourth-order valence-corrected chi connectivity index (χ4v) is 2.35. The van der Waals surface area contributed by atoms with Gasteiger partial charge in [0.2, 0.25) is 0 Å². The highest BCUT2D eigenvalue weighted by molar-refractivity contribution is 5.88. The van der Waals surface area contributed by atoms with Gasteiger partial charge in [0.1, 0.15) is 17.3 Å². The maximum atomic E-state index is 6.20. The van der Waals surface area contributed by atoms with E-state index in [2.05, 4.69) is 10.2 Å². The van der Waals surface area contributed by atoms with Crippen LogP contribution in [-0.2, 0) is 14.1 Å². The number of aryl methyl sites for hydroxylation is 2. The van der Waals surface area contributed by atoms with E-state index in [1.54, 1.807) is 22.7 Å². The fourth-order valence-electron chi connectivity index (χ4n) is 2.35. The summed E-state index contributed by atoms with van der Waals surface area (Å²) in [6.07, 6.45) is 3.71. The van der Waals surface area contributed by atoms with Gasteiger partial charge in [0.05, 0.1) is 18.9 Å². The molecule has 0 aliphatic heterocycles. The number of methoxy groups -OCH3 is 1. The average molecular weight is 283 g/mol. The molecule has 21 heavy (non-hydrogen) atoms. The molecule has 0 saturated carbocycles. The van der Waals surface area contributed by atoms with Gasteiger partial charge >= 0.3 is 0 Å². The Bertz CT molecular complexity index is 787. The zero-order chi connectivity index (χ0) is 15.0. The highest BCUT2D eigenvalue weighted by Crippen LogP contribution is 2.36. The largest absolute Gasteiger partial charge is 0.497 e. The topological polar surface area (TPSA) is 70.9 Å². The molecule has 0 atom stereocenters. The maximum absolute atomic E-state index is 6.20. The van der Waals surface area contributed by atoms with Gasteiger partial charge in [-0.25, -0.2) is 0 Å². The highest BCUT2D eigenvalue weighted by atomic mass is 16.5. The Kier molecular flexibility index (Phi) is 3.13. The van der Waals surface area contributed by atoms with Crippen LogP contribution in [0, 0.1) is 0 Å². The summed E-state index contributed by atoms with van der Waals surface area (Å²) in [5, 5.41) is 8.73. The van der Waals surface area contributed by atoms with Crippen LogP contribution in [0.2, 0.25) is 0 Å². The van der Waals surface area contributed by atoms with E-state index in [1.807, 2.05) is 44.6 Å². The second-order valence-electron chi connectivity index (χ2n) is 4.87. The van der Waals surface area contributed by atoms with E-state index in [-0.39, 0.29) is 0 Å². The first kappa shape index (κ1) is 13.2. The number of hydrogen-bond donors (Lipinski definition) is 1. The predicted molar refractivity (Wildman–Crippen MR) is 81.8 cm³/mol. The van der Waals surface area contributed by atoms with Gasteiger partial charge in [-0.15, -0.1) is 0 Å². The highest BCUT2D eigenvalue weighted by Gasteiger charge is 2.18. The van der Waals surface area contributed by atoms with Gasteiger partial charge in [-0.3, -0.25) is 9.36 Å². The third kappa shape index (κ3) is 2.24. The van der Waals surface area contributed by atoms with Crippen LogP contribution in [0.3, 0.4) is 0 Å². The zero-order valence-corrected chi connectivity index (χ0v) is 12.2. The Morgan fingerprint density at radius 3 is 2.67 bits per heavy atom. The number of nitrogen functional groups attached to an aromatic ring is 1. The molecule has 0 fully saturated rings. The number of anilines is 1. The number of aromatic nitrogens is 4. The molecule has 0 bridgehead atoms. The molecule has 2 aromatic heterocycles. The number of ether oxygens (including phenoxy) is 1. The SMILES string of the molecule is COc1cccc(-c2c(-c3cnn(C)c3)nn(C)c2N)c1. The molecule has 0 unspecified atom stereocenters. The third-order valence-corrected chi connectivity index (χ3v) is 3.43. The monoisotopic (exact) mass is 283 g/mol. The Labute approximate surface area is 122 Å². The van der Waals surface area contributed by atoms with E-state index < -0.39 is 0 Å². The first-order valence-electron chi connectivity index (χ1n) is 6.56. The van der Waals surface area contributed by atoms with E-state index in [1.165, 1.54) is 0 Å². The molecule has 6 nitrogen and oxygen atoms in total. The Hall–Kier alpha value is -2.76. The summed E-state index contributed by atoms with van der Waals surface area (Å²) in [4.78, 5) is 0. The number of rotatable bonds is 3. The lowest BCUT2D eigenvalue weighted by molar-refractivity contribution is 0.415. The van der Waals surface area contributed by atoms with Gasteiger partial charge in [-0.2, -0.15) is 10.2 Å². The molecule has 0 aliphatic rings. The predicted octanol–water partition coefficient (Wildman–Crippen LogP) is 2.08. The summed E-state index contributed by atoms with van der Waals surface area (Å²) in [7, 11) is 5.35. The van der Waals surface area contributed by atoms with Crippen molar-refractivity contribution in [3.8, 4) is 28.1 Å². The lowest BCUT2D eigenvalue weighted by atomic mass is 10.0. The zero-order valence-electron chi connectivity index (χ0n) is 12.2. The summed E-state index contributed by atoms with van der Waals surface area (Å²) in [5.74, 6) is 1.40. The standard InChI is InChI=1S/C15H17N5O/c1-19-9-11(8-17-19)14-13(15(16)20(2)18-14)10-5-4-6-12(7-10)21-3/h4-9H,16H2,1-3H3. The van der Waals surface area contributed by atoms with Crippen molar-refractivity contribution in [2.45, 2.75) is 0 Å². The minimum absolute atomic E-state index is 0.613. The van der Waals surface area contributed by atoms with Crippen molar-refractivity contribution < 1.29 is 4.74 Å². The van der Waals surface area contributed by atoms with Crippen molar-refractivity contribution in [3.63, 3.8) is 0 Å². The number of nitrogens with zero attached hydrogens (tertiary/aromatic N) is 4. The lowest BCUT2D eigenvalue weighted by Crippen LogP contribution is -1.98. The van der Waals surface area contributed by atoms with Crippen LogP contribution in [0.25, 0.3) is 22.4 Å². The second kappa shape index (κ2) is 4.97. The molecule has 108 valence electrons. The molecule has 3 rings (SSSR count). The van der Waals surface area contributed by atoms with Crippen LogP contribution in [0.1, 0.15) is 0 Å². The molecule has 6 heteroatoms. The van der Waals surface area contributed by atoms with Crippen molar-refractivity contribution in [2.24, 2.45) is 14.1 Å². The molecule has 3 aromatic rings. The Morgan fingerprint density at radius 2 is 2.00 bits per heavy atom. The number of hydrogen-bond acceptors (Lipinski definition) is 4. The van der Waals surface area contributed by atoms with Crippen LogP contribution in [0.5, 0.6) is 5.75 Å². The molecule has 0 spiro atoms. The average Bonchev–Trinajstić information content (AvgIpc) is 3.04. The lowest BCUT2D eigenvalue weighted by Gasteiger charge is -2.05. The molecular formula is C15H17N5O. The first-order valence-corrected chi connectivity index (χ1v) is 6.56. The summed E-state index contributed by atoms with van der Waals surface area (Å²) < 4.78 is 8.71. The van der Waals surface area contributed by atoms with Gasteiger partial charge in [-0.1, -0.05) is 12.1 Å². The van der Waals surface area contributed by atoms with Crippen molar-refractivity contribution in [2.75, 3.05) is 12.8 Å². The Balaban J connectivity index is 2.21. The van der Waals surface area contributed by atoms with E-state index in [0.717, 1.165) is 28.1 Å². The molecule has 2 heterocycles. The molecule has 0 aliphatic carbocycles. The van der Waals surface area contributed by atoms with Gasteiger partial charge in [0, 0.05) is 25.9 Å². The number of benzene rings is 1. The maximum Gasteiger partial charge on any atom is 0.129 e. The quantitative estimate of drug-likeness (QED) is 0.799. The summed E-state index contributed by atoms with van der Waals surface area (Å²) in [5.41, 5.74) is 9.82. The van der Waals surface area contributed by atoms with Crippen LogP contribution < -0.4 is 10.5 Å². The van der Waals surface area contributed by atoms with Crippen LogP contribution >= 0.6 is 0 Å². The van der Waals surface area contributed by atoms with Gasteiger partial charge in [-0.05, 0) is 17.7 Å². The first-order chi connectivity index (χ1) is 10.1. The molecule has 0 saturated heterocycles. The molecule has 0 amide bonds. The normalized spacial score (nSPS) is 10.8.